The van der Waals surface area contributed by atoms with E-state index in [2.05, 4.69) is 27.8 Å². The van der Waals surface area contributed by atoms with E-state index in [0.717, 1.165) is 32.6 Å². The smallest absolute Gasteiger partial charge is 0.298 e. The Labute approximate surface area is 152 Å². The minimum absolute atomic E-state index is 0.0125. The number of hydrogen-bond donors (Lipinski definition) is 1. The van der Waals surface area contributed by atoms with E-state index in [1.54, 1.807) is 4.57 Å². The first-order valence-electron chi connectivity index (χ1n) is 8.15. The number of para-hydroxylation sites is 1. The van der Waals surface area contributed by atoms with E-state index in [-0.39, 0.29) is 11.4 Å². The molecule has 5 nitrogen and oxygen atoms in total. The summed E-state index contributed by atoms with van der Waals surface area (Å²) in [6, 6.07) is 20.1. The van der Waals surface area contributed by atoms with Crippen LogP contribution in [-0.2, 0) is 0 Å². The van der Waals surface area contributed by atoms with Crippen molar-refractivity contribution < 1.29 is 0 Å². The van der Waals surface area contributed by atoms with Gasteiger partial charge in [-0.25, -0.2) is 4.98 Å². The monoisotopic (exact) mass is 358 g/mol. The van der Waals surface area contributed by atoms with Crippen LogP contribution in [0.5, 0.6) is 0 Å². The Morgan fingerprint density at radius 1 is 0.923 bits per heavy atom. The van der Waals surface area contributed by atoms with E-state index in [4.69, 9.17) is 5.73 Å². The van der Waals surface area contributed by atoms with E-state index < -0.39 is 0 Å². The van der Waals surface area contributed by atoms with Crippen molar-refractivity contribution in [2.75, 3.05) is 5.73 Å². The quantitative estimate of drug-likeness (QED) is 0.519. The van der Waals surface area contributed by atoms with Crippen LogP contribution in [0.25, 0.3) is 32.6 Å². The van der Waals surface area contributed by atoms with Crippen molar-refractivity contribution in [2.45, 2.75) is 0 Å². The average Bonchev–Trinajstić information content (AvgIpc) is 3.29. The van der Waals surface area contributed by atoms with Crippen molar-refractivity contribution in [2.24, 2.45) is 0 Å². The molecule has 3 heterocycles. The van der Waals surface area contributed by atoms with Gasteiger partial charge in [0.05, 0.1) is 16.7 Å². The summed E-state index contributed by atoms with van der Waals surface area (Å²) in [4.78, 5) is 17.6. The van der Waals surface area contributed by atoms with Gasteiger partial charge in [0.2, 0.25) is 0 Å². The first kappa shape index (κ1) is 14.9. The van der Waals surface area contributed by atoms with Crippen LogP contribution in [0.1, 0.15) is 0 Å². The van der Waals surface area contributed by atoms with E-state index >= 15 is 0 Å². The van der Waals surface area contributed by atoms with Gasteiger partial charge in [-0.3, -0.25) is 9.36 Å². The van der Waals surface area contributed by atoms with E-state index in [9.17, 15) is 4.79 Å². The summed E-state index contributed by atoms with van der Waals surface area (Å²) in [5, 5.41) is 3.02. The Kier molecular flexibility index (Phi) is 3.20. The summed E-state index contributed by atoms with van der Waals surface area (Å²) in [6.07, 6.45) is 2.04. The maximum absolute atomic E-state index is 12.7. The molecule has 3 aromatic heterocycles. The van der Waals surface area contributed by atoms with Gasteiger partial charge in [-0.15, -0.1) is 11.3 Å². The van der Waals surface area contributed by atoms with Crippen LogP contribution < -0.4 is 11.3 Å². The lowest BCUT2D eigenvalue weighted by atomic mass is 10.2. The van der Waals surface area contributed by atoms with Gasteiger partial charge in [0, 0.05) is 17.3 Å². The molecule has 2 N–H and O–H groups in total. The standard InChI is InChI=1S/C20H14N4OS/c21-18-20(25)24(16-9-11-26-19(16)22-18)15-7-6-13-8-10-23(17(13)12-15)14-4-2-1-3-5-14/h1-12H,(H2,21,22). The van der Waals surface area contributed by atoms with Crippen LogP contribution in [0.15, 0.2) is 77.0 Å². The fourth-order valence-corrected chi connectivity index (χ4v) is 4.01. The van der Waals surface area contributed by atoms with Crippen molar-refractivity contribution in [3.8, 4) is 11.4 Å². The zero-order valence-electron chi connectivity index (χ0n) is 13.7. The van der Waals surface area contributed by atoms with Crippen LogP contribution in [0.3, 0.4) is 0 Å². The number of aromatic nitrogens is 3. The summed E-state index contributed by atoms with van der Waals surface area (Å²) in [6.45, 7) is 0. The third-order valence-corrected chi connectivity index (χ3v) is 5.27. The first-order chi connectivity index (χ1) is 12.7. The average molecular weight is 358 g/mol. The van der Waals surface area contributed by atoms with Crippen LogP contribution in [0, 0.1) is 0 Å². The van der Waals surface area contributed by atoms with E-state index in [1.165, 1.54) is 11.3 Å². The Balaban J connectivity index is 1.81. The molecule has 0 aliphatic heterocycles. The first-order valence-corrected chi connectivity index (χ1v) is 9.03. The highest BCUT2D eigenvalue weighted by Crippen LogP contribution is 2.26. The minimum Gasteiger partial charge on any atom is -0.379 e. The predicted molar refractivity (Wildman–Crippen MR) is 106 cm³/mol. The topological polar surface area (TPSA) is 65.8 Å². The van der Waals surface area contributed by atoms with Gasteiger partial charge in [0.1, 0.15) is 4.83 Å². The van der Waals surface area contributed by atoms with E-state index in [0.29, 0.717) is 0 Å². The van der Waals surface area contributed by atoms with Gasteiger partial charge in [-0.1, -0.05) is 24.3 Å². The normalized spacial score (nSPS) is 11.4. The lowest BCUT2D eigenvalue weighted by Crippen LogP contribution is -2.22. The van der Waals surface area contributed by atoms with Crippen molar-refractivity contribution in [3.63, 3.8) is 0 Å². The molecule has 0 saturated heterocycles. The second-order valence-corrected chi connectivity index (χ2v) is 6.91. The largest absolute Gasteiger partial charge is 0.379 e. The molecule has 6 heteroatoms. The third-order valence-electron chi connectivity index (χ3n) is 4.48. The van der Waals surface area contributed by atoms with Crippen molar-refractivity contribution in [1.82, 2.24) is 14.1 Å². The lowest BCUT2D eigenvalue weighted by molar-refractivity contribution is 1.03. The molecule has 5 aromatic rings. The van der Waals surface area contributed by atoms with Crippen molar-refractivity contribution in [1.29, 1.82) is 0 Å². The maximum atomic E-state index is 12.7. The Hall–Kier alpha value is -3.38. The van der Waals surface area contributed by atoms with Gasteiger partial charge in [0.25, 0.3) is 5.56 Å². The molecule has 0 spiro atoms. The molecule has 0 saturated carbocycles. The third kappa shape index (κ3) is 2.16. The number of anilines is 1. The zero-order valence-corrected chi connectivity index (χ0v) is 14.5. The van der Waals surface area contributed by atoms with Gasteiger partial charge >= 0.3 is 0 Å². The number of hydrogen-bond acceptors (Lipinski definition) is 4. The fraction of sp³-hybridized carbons (Fsp3) is 0. The molecule has 0 fully saturated rings. The lowest BCUT2D eigenvalue weighted by Gasteiger charge is -2.10. The summed E-state index contributed by atoms with van der Waals surface area (Å²) < 4.78 is 3.75. The molecule has 0 unspecified atom stereocenters. The number of thiophene rings is 1. The molecule has 0 aliphatic carbocycles. The molecule has 0 amide bonds. The van der Waals surface area contributed by atoms with Crippen LogP contribution in [-0.4, -0.2) is 14.1 Å². The molecule has 0 aliphatic rings. The second kappa shape index (κ2) is 5.57. The Morgan fingerprint density at radius 2 is 1.77 bits per heavy atom. The highest BCUT2D eigenvalue weighted by Gasteiger charge is 2.13. The number of benzene rings is 2. The van der Waals surface area contributed by atoms with E-state index in [1.807, 2.05) is 54.0 Å². The number of fused-ring (bicyclic) bond motifs is 2. The number of nitrogens with zero attached hydrogens (tertiary/aromatic N) is 3. The number of nitrogen functional groups attached to an aromatic ring is 1. The fourth-order valence-electron chi connectivity index (χ4n) is 3.26. The summed E-state index contributed by atoms with van der Waals surface area (Å²) in [5.74, 6) is 0.0125. The molecule has 26 heavy (non-hydrogen) atoms. The number of nitrogens with two attached hydrogens (primary N) is 1. The maximum Gasteiger partial charge on any atom is 0.298 e. The summed E-state index contributed by atoms with van der Waals surface area (Å²) in [7, 11) is 0. The molecule has 2 aromatic carbocycles. The summed E-state index contributed by atoms with van der Waals surface area (Å²) in [5.41, 5.74) is 9.20. The highest BCUT2D eigenvalue weighted by atomic mass is 32.1. The SMILES string of the molecule is Nc1nc2sccc2n(-c2ccc3ccn(-c4ccccc4)c3c2)c1=O. The molecule has 0 atom stereocenters. The second-order valence-electron chi connectivity index (χ2n) is 6.01. The molecule has 0 radical (unpaired) electrons. The molecule has 0 bridgehead atoms. The van der Waals surface area contributed by atoms with Gasteiger partial charge in [-0.05, 0) is 41.8 Å². The van der Waals surface area contributed by atoms with Gasteiger partial charge < -0.3 is 10.3 Å². The Bertz CT molecular complexity index is 1310. The number of rotatable bonds is 2. The van der Waals surface area contributed by atoms with Gasteiger partial charge in [0.15, 0.2) is 5.82 Å². The summed E-state index contributed by atoms with van der Waals surface area (Å²) >= 11 is 1.47. The van der Waals surface area contributed by atoms with Crippen molar-refractivity contribution in [3.05, 3.63) is 82.6 Å². The minimum atomic E-state index is -0.298. The zero-order chi connectivity index (χ0) is 17.7. The van der Waals surface area contributed by atoms with Gasteiger partial charge in [-0.2, -0.15) is 0 Å². The van der Waals surface area contributed by atoms with Crippen LogP contribution in [0.2, 0.25) is 0 Å². The van der Waals surface area contributed by atoms with Crippen LogP contribution >= 0.6 is 11.3 Å². The Morgan fingerprint density at radius 3 is 2.62 bits per heavy atom. The molecular weight excluding hydrogens is 344 g/mol. The van der Waals surface area contributed by atoms with Crippen molar-refractivity contribution >= 4 is 38.4 Å². The highest BCUT2D eigenvalue weighted by molar-refractivity contribution is 7.16. The predicted octanol–water partition coefficient (Wildman–Crippen LogP) is 3.97. The van der Waals surface area contributed by atoms with Crippen LogP contribution in [0.4, 0.5) is 5.82 Å². The molecule has 126 valence electrons. The molecular formula is C20H14N4OS. The molecule has 5 rings (SSSR count).